The van der Waals surface area contributed by atoms with Crippen LogP contribution in [0.3, 0.4) is 0 Å². The second-order valence-corrected chi connectivity index (χ2v) is 9.14. The molecule has 2 heterocycles. The van der Waals surface area contributed by atoms with Gasteiger partial charge in [0.25, 0.3) is 0 Å². The molecule has 1 aromatic heterocycles. The highest BCUT2D eigenvalue weighted by molar-refractivity contribution is 5.93. The Morgan fingerprint density at radius 3 is 2.34 bits per heavy atom. The highest BCUT2D eigenvalue weighted by Gasteiger charge is 2.46. The third-order valence-electron chi connectivity index (χ3n) is 6.98. The molecule has 1 N–H and O–H groups in total. The maximum absolute atomic E-state index is 13.2. The molecule has 1 aliphatic heterocycles. The number of hydrogen-bond donors (Lipinski definition) is 1. The van der Waals surface area contributed by atoms with Crippen molar-refractivity contribution in [1.29, 1.82) is 0 Å². The number of rotatable bonds is 6. The molecular weight excluding hydrogens is 405 g/mol. The Labute approximate surface area is 187 Å². The second-order valence-electron chi connectivity index (χ2n) is 9.14. The molecule has 1 saturated carbocycles. The van der Waals surface area contributed by atoms with Crippen LogP contribution >= 0.6 is 0 Å². The summed E-state index contributed by atoms with van der Waals surface area (Å²) in [6, 6.07) is 16.0. The van der Waals surface area contributed by atoms with Crippen LogP contribution in [0.25, 0.3) is 11.1 Å². The minimum absolute atomic E-state index is 0.0737. The Bertz CT molecular complexity index is 1150. The normalized spacial score (nSPS) is 18.5. The average molecular weight is 432 g/mol. The van der Waals surface area contributed by atoms with Crippen LogP contribution in [-0.4, -0.2) is 29.1 Å². The van der Waals surface area contributed by atoms with Crippen LogP contribution in [0.5, 0.6) is 0 Å². The molecule has 5 heteroatoms. The molecule has 0 spiro atoms. The van der Waals surface area contributed by atoms with Crippen molar-refractivity contribution in [2.75, 3.05) is 13.2 Å². The molecular formula is C27H26FNO3. The van der Waals surface area contributed by atoms with Crippen LogP contribution in [0.15, 0.2) is 60.8 Å². The van der Waals surface area contributed by atoms with Crippen LogP contribution in [0.2, 0.25) is 0 Å². The van der Waals surface area contributed by atoms with Crippen LogP contribution in [0, 0.1) is 12.7 Å². The number of nitrogens with zero attached hydrogens (tertiary/aromatic N) is 1. The van der Waals surface area contributed by atoms with E-state index < -0.39 is 11.0 Å². The molecule has 0 unspecified atom stereocenters. The van der Waals surface area contributed by atoms with E-state index in [1.54, 1.807) is 12.1 Å². The first kappa shape index (κ1) is 21.0. The van der Waals surface area contributed by atoms with Gasteiger partial charge in [-0.05, 0) is 66.6 Å². The van der Waals surface area contributed by atoms with E-state index in [2.05, 4.69) is 4.98 Å². The maximum atomic E-state index is 13.2. The average Bonchev–Trinajstić information content (AvgIpc) is 2.73. The predicted molar refractivity (Wildman–Crippen MR) is 120 cm³/mol. The van der Waals surface area contributed by atoms with E-state index in [0.29, 0.717) is 13.2 Å². The molecule has 0 amide bonds. The lowest BCUT2D eigenvalue weighted by Crippen LogP contribution is -2.53. The molecule has 1 saturated heterocycles. The number of carbonyl (C=O) groups is 1. The van der Waals surface area contributed by atoms with Gasteiger partial charge in [-0.3, -0.25) is 9.78 Å². The summed E-state index contributed by atoms with van der Waals surface area (Å²) in [6.07, 6.45) is 4.62. The number of hydrogen-bond acceptors (Lipinski definition) is 4. The smallest absolute Gasteiger partial charge is 0.152 e. The van der Waals surface area contributed by atoms with Gasteiger partial charge in [0.2, 0.25) is 0 Å². The summed E-state index contributed by atoms with van der Waals surface area (Å²) in [6.45, 7) is 2.64. The van der Waals surface area contributed by atoms with Gasteiger partial charge in [0.15, 0.2) is 5.78 Å². The van der Waals surface area contributed by atoms with Gasteiger partial charge in [-0.1, -0.05) is 36.4 Å². The Morgan fingerprint density at radius 2 is 1.78 bits per heavy atom. The first-order valence-corrected chi connectivity index (χ1v) is 11.1. The summed E-state index contributed by atoms with van der Waals surface area (Å²) in [7, 11) is 0. The summed E-state index contributed by atoms with van der Waals surface area (Å²) in [4.78, 5) is 17.7. The largest absolute Gasteiger partial charge is 0.385 e. The number of aryl methyl sites for hydroxylation is 1. The number of aliphatic hydroxyl groups is 1. The van der Waals surface area contributed by atoms with Gasteiger partial charge >= 0.3 is 0 Å². The maximum Gasteiger partial charge on any atom is 0.152 e. The Balaban J connectivity index is 1.43. The zero-order valence-corrected chi connectivity index (χ0v) is 18.1. The van der Waals surface area contributed by atoms with Gasteiger partial charge < -0.3 is 9.84 Å². The van der Waals surface area contributed by atoms with E-state index in [-0.39, 0.29) is 18.0 Å². The van der Waals surface area contributed by atoms with Crippen molar-refractivity contribution in [2.24, 2.45) is 0 Å². The Hall–Kier alpha value is -2.89. The predicted octanol–water partition coefficient (Wildman–Crippen LogP) is 4.65. The molecule has 2 fully saturated rings. The van der Waals surface area contributed by atoms with Gasteiger partial charge in [-0.25, -0.2) is 4.39 Å². The lowest BCUT2D eigenvalue weighted by atomic mass is 9.72. The van der Waals surface area contributed by atoms with Gasteiger partial charge in [0.1, 0.15) is 11.2 Å². The fraction of sp³-hybridized carbons (Fsp3) is 0.333. The van der Waals surface area contributed by atoms with Gasteiger partial charge in [0, 0.05) is 23.9 Å². The molecule has 0 bridgehead atoms. The number of benzene rings is 2. The lowest BCUT2D eigenvalue weighted by Gasteiger charge is -2.41. The van der Waals surface area contributed by atoms with E-state index in [4.69, 9.17) is 4.74 Å². The summed E-state index contributed by atoms with van der Waals surface area (Å²) in [5.74, 6) is -0.236. The highest BCUT2D eigenvalue weighted by atomic mass is 19.1. The van der Waals surface area contributed by atoms with E-state index in [1.165, 1.54) is 12.1 Å². The number of pyridine rings is 1. The third kappa shape index (κ3) is 3.55. The molecule has 0 atom stereocenters. The quantitative estimate of drug-likeness (QED) is 0.617. The standard InChI is InChI=1S/C27H26FNO3/c1-18-13-24(27(31)11-2-12-27)23(15-29-18)20-5-7-21(8-6-20)26(16-32-17-26)25(30)14-19-3-9-22(28)10-4-19/h3-10,13,15,31H,2,11-12,14,16-17H2,1H3. The lowest BCUT2D eigenvalue weighted by molar-refractivity contribution is -0.142. The monoisotopic (exact) mass is 431 g/mol. The zero-order valence-electron chi connectivity index (χ0n) is 18.1. The minimum atomic E-state index is -0.782. The minimum Gasteiger partial charge on any atom is -0.385 e. The van der Waals surface area contributed by atoms with Crippen LogP contribution in [-0.2, 0) is 27.0 Å². The van der Waals surface area contributed by atoms with E-state index in [0.717, 1.165) is 52.8 Å². The molecule has 2 aliphatic rings. The van der Waals surface area contributed by atoms with Crippen LogP contribution in [0.1, 0.15) is 41.6 Å². The molecule has 0 radical (unpaired) electrons. The molecule has 4 nitrogen and oxygen atoms in total. The summed E-state index contributed by atoms with van der Waals surface area (Å²) >= 11 is 0. The first-order valence-electron chi connectivity index (χ1n) is 11.1. The molecule has 32 heavy (non-hydrogen) atoms. The number of carbonyl (C=O) groups excluding carboxylic acids is 1. The fourth-order valence-corrected chi connectivity index (χ4v) is 4.68. The van der Waals surface area contributed by atoms with Crippen molar-refractivity contribution >= 4 is 5.78 Å². The first-order chi connectivity index (χ1) is 15.4. The zero-order chi connectivity index (χ0) is 22.3. The molecule has 1 aliphatic carbocycles. The highest BCUT2D eigenvalue weighted by Crippen LogP contribution is 2.45. The van der Waals surface area contributed by atoms with E-state index in [9.17, 15) is 14.3 Å². The van der Waals surface area contributed by atoms with Crippen molar-refractivity contribution in [3.63, 3.8) is 0 Å². The second kappa shape index (κ2) is 7.91. The van der Waals surface area contributed by atoms with Gasteiger partial charge in [-0.2, -0.15) is 0 Å². The van der Waals surface area contributed by atoms with Crippen molar-refractivity contribution in [1.82, 2.24) is 4.98 Å². The van der Waals surface area contributed by atoms with Crippen LogP contribution < -0.4 is 0 Å². The molecule has 5 rings (SSSR count). The number of ether oxygens (including phenoxy) is 1. The van der Waals surface area contributed by atoms with E-state index in [1.807, 2.05) is 43.5 Å². The summed E-state index contributed by atoms with van der Waals surface area (Å²) < 4.78 is 18.7. The van der Waals surface area contributed by atoms with Crippen LogP contribution in [0.4, 0.5) is 4.39 Å². The summed E-state index contributed by atoms with van der Waals surface area (Å²) in [5, 5.41) is 11.0. The van der Waals surface area contributed by atoms with Gasteiger partial charge in [0.05, 0.1) is 18.8 Å². The van der Waals surface area contributed by atoms with Gasteiger partial charge in [-0.15, -0.1) is 0 Å². The van der Waals surface area contributed by atoms with Crippen molar-refractivity contribution < 1.29 is 19.0 Å². The fourth-order valence-electron chi connectivity index (χ4n) is 4.68. The van der Waals surface area contributed by atoms with Crippen molar-refractivity contribution in [3.05, 3.63) is 89.0 Å². The SMILES string of the molecule is Cc1cc(C2(O)CCC2)c(-c2ccc(C3(C(=O)Cc4ccc(F)cc4)COC3)cc2)cn1. The number of Topliss-reactive ketones (excluding diaryl/α,β-unsaturated/α-hetero) is 1. The number of ketones is 1. The van der Waals surface area contributed by atoms with E-state index >= 15 is 0 Å². The molecule has 164 valence electrons. The van der Waals surface area contributed by atoms with Crippen molar-refractivity contribution in [2.45, 2.75) is 43.6 Å². The summed E-state index contributed by atoms with van der Waals surface area (Å²) in [5.41, 5.74) is 3.98. The molecule has 2 aromatic carbocycles. The van der Waals surface area contributed by atoms with Crippen molar-refractivity contribution in [3.8, 4) is 11.1 Å². The third-order valence-corrected chi connectivity index (χ3v) is 6.98. The number of aromatic nitrogens is 1. The molecule has 3 aromatic rings. The number of halogens is 1. The Kier molecular flexibility index (Phi) is 5.19. The Morgan fingerprint density at radius 1 is 1.09 bits per heavy atom. The topological polar surface area (TPSA) is 59.4 Å².